The van der Waals surface area contributed by atoms with E-state index in [1.807, 2.05) is 66.7 Å². The van der Waals surface area contributed by atoms with E-state index in [4.69, 9.17) is 9.15 Å². The Bertz CT molecular complexity index is 1260. The molecule has 0 fully saturated rings. The zero-order chi connectivity index (χ0) is 23.0. The van der Waals surface area contributed by atoms with Crippen molar-refractivity contribution in [3.63, 3.8) is 0 Å². The molecule has 0 bridgehead atoms. The molecular formula is C27H20N2O4. The van der Waals surface area contributed by atoms with E-state index < -0.39 is 5.97 Å². The maximum atomic E-state index is 11.3. The highest BCUT2D eigenvalue weighted by atomic mass is 16.6. The normalized spacial score (nSPS) is 11.0. The number of nitriles is 1. The van der Waals surface area contributed by atoms with E-state index in [0.717, 1.165) is 11.1 Å². The van der Waals surface area contributed by atoms with Crippen LogP contribution in [0.3, 0.4) is 0 Å². The topological polar surface area (TPSA) is 85.4 Å². The molecule has 0 N–H and O–H groups in total. The standard InChI is InChI=1S/C27H20N2O4/c1-31-24(30)18-32-23-14-8-9-19(16-23)15-22(17-28)27-29-25(20-10-4-2-5-11-20)26(33-27)21-12-6-3-7-13-21/h2-16H,18H2,1H3/b22-15+. The third kappa shape index (κ3) is 5.17. The molecule has 33 heavy (non-hydrogen) atoms. The van der Waals surface area contributed by atoms with E-state index in [2.05, 4.69) is 15.8 Å². The van der Waals surface area contributed by atoms with Crippen LogP contribution in [0.1, 0.15) is 11.5 Å². The van der Waals surface area contributed by atoms with Crippen LogP contribution < -0.4 is 4.74 Å². The summed E-state index contributed by atoms with van der Waals surface area (Å²) < 4.78 is 16.1. The lowest BCUT2D eigenvalue weighted by atomic mass is 10.1. The van der Waals surface area contributed by atoms with Crippen molar-refractivity contribution < 1.29 is 18.7 Å². The van der Waals surface area contributed by atoms with Crippen LogP contribution in [0.15, 0.2) is 89.3 Å². The number of aromatic nitrogens is 1. The predicted octanol–water partition coefficient (Wildman–Crippen LogP) is 5.62. The number of carbonyl (C=O) groups excluding carboxylic acids is 1. The van der Waals surface area contributed by atoms with Crippen LogP contribution in [-0.2, 0) is 9.53 Å². The maximum absolute atomic E-state index is 11.3. The largest absolute Gasteiger partial charge is 0.482 e. The summed E-state index contributed by atoms with van der Waals surface area (Å²) in [5.74, 6) is 0.813. The molecule has 0 aliphatic carbocycles. The lowest BCUT2D eigenvalue weighted by Gasteiger charge is -2.05. The molecule has 0 amide bonds. The number of rotatable bonds is 7. The number of benzene rings is 3. The molecule has 0 radical (unpaired) electrons. The van der Waals surface area contributed by atoms with Gasteiger partial charge in [-0.1, -0.05) is 72.8 Å². The van der Waals surface area contributed by atoms with Crippen LogP contribution in [0.5, 0.6) is 5.75 Å². The monoisotopic (exact) mass is 436 g/mol. The summed E-state index contributed by atoms with van der Waals surface area (Å²) in [6.45, 7) is -0.199. The van der Waals surface area contributed by atoms with E-state index >= 15 is 0 Å². The Labute approximate surface area is 191 Å². The fourth-order valence-corrected chi connectivity index (χ4v) is 3.22. The summed E-state index contributed by atoms with van der Waals surface area (Å²) in [4.78, 5) is 16.0. The molecule has 1 heterocycles. The van der Waals surface area contributed by atoms with Crippen molar-refractivity contribution >= 4 is 17.6 Å². The molecule has 3 aromatic carbocycles. The van der Waals surface area contributed by atoms with Gasteiger partial charge in [0.05, 0.1) is 7.11 Å². The average molecular weight is 436 g/mol. The molecule has 6 nitrogen and oxygen atoms in total. The van der Waals surface area contributed by atoms with Gasteiger partial charge in [0.1, 0.15) is 23.1 Å². The highest BCUT2D eigenvalue weighted by Gasteiger charge is 2.19. The van der Waals surface area contributed by atoms with Crippen LogP contribution in [-0.4, -0.2) is 24.7 Å². The first kappa shape index (κ1) is 21.6. The summed E-state index contributed by atoms with van der Waals surface area (Å²) in [6, 6.07) is 28.6. The Morgan fingerprint density at radius 3 is 2.36 bits per heavy atom. The summed E-state index contributed by atoms with van der Waals surface area (Å²) in [7, 11) is 1.30. The number of nitrogens with zero attached hydrogens (tertiary/aromatic N) is 2. The van der Waals surface area contributed by atoms with E-state index in [1.54, 1.807) is 24.3 Å². The van der Waals surface area contributed by atoms with E-state index in [9.17, 15) is 10.1 Å². The Morgan fingerprint density at radius 1 is 1.00 bits per heavy atom. The lowest BCUT2D eigenvalue weighted by molar-refractivity contribution is -0.142. The summed E-state index contributed by atoms with van der Waals surface area (Å²) in [5.41, 5.74) is 3.38. The van der Waals surface area contributed by atoms with E-state index in [1.165, 1.54) is 7.11 Å². The second-order valence-electron chi connectivity index (χ2n) is 7.04. The lowest BCUT2D eigenvalue weighted by Crippen LogP contribution is -2.12. The Morgan fingerprint density at radius 2 is 1.70 bits per heavy atom. The number of allylic oxidation sites excluding steroid dienone is 1. The molecule has 4 rings (SSSR count). The molecule has 162 valence electrons. The average Bonchev–Trinajstić information content (AvgIpc) is 3.32. The van der Waals surface area contributed by atoms with Crippen molar-refractivity contribution in [3.8, 4) is 34.4 Å². The molecule has 0 spiro atoms. The number of methoxy groups -OCH3 is 1. The first-order valence-electron chi connectivity index (χ1n) is 10.2. The van der Waals surface area contributed by atoms with Crippen LogP contribution in [0.2, 0.25) is 0 Å². The number of esters is 1. The van der Waals surface area contributed by atoms with Crippen LogP contribution in [0.4, 0.5) is 0 Å². The van der Waals surface area contributed by atoms with Crippen molar-refractivity contribution in [1.82, 2.24) is 4.98 Å². The van der Waals surface area contributed by atoms with Gasteiger partial charge in [-0.15, -0.1) is 0 Å². The van der Waals surface area contributed by atoms with Crippen molar-refractivity contribution in [2.75, 3.05) is 13.7 Å². The first-order valence-corrected chi connectivity index (χ1v) is 10.2. The Kier molecular flexibility index (Phi) is 6.62. The SMILES string of the molecule is COC(=O)COc1cccc(/C=C(\C#N)c2nc(-c3ccccc3)c(-c3ccccc3)o2)c1. The van der Waals surface area contributed by atoms with Gasteiger partial charge >= 0.3 is 5.97 Å². The fraction of sp³-hybridized carbons (Fsp3) is 0.0741. The minimum absolute atomic E-state index is 0.199. The molecule has 0 aliphatic heterocycles. The van der Waals surface area contributed by atoms with Gasteiger partial charge < -0.3 is 13.9 Å². The van der Waals surface area contributed by atoms with Gasteiger partial charge in [0.2, 0.25) is 5.89 Å². The van der Waals surface area contributed by atoms with Crippen molar-refractivity contribution in [2.24, 2.45) is 0 Å². The molecule has 0 atom stereocenters. The number of oxazole rings is 1. The number of ether oxygens (including phenoxy) is 2. The molecule has 0 saturated carbocycles. The predicted molar refractivity (Wildman–Crippen MR) is 125 cm³/mol. The highest BCUT2D eigenvalue weighted by molar-refractivity contribution is 5.89. The third-order valence-corrected chi connectivity index (χ3v) is 4.81. The highest BCUT2D eigenvalue weighted by Crippen LogP contribution is 2.34. The minimum Gasteiger partial charge on any atom is -0.482 e. The maximum Gasteiger partial charge on any atom is 0.343 e. The second-order valence-corrected chi connectivity index (χ2v) is 7.04. The van der Waals surface area contributed by atoms with Gasteiger partial charge in [0, 0.05) is 11.1 Å². The summed E-state index contributed by atoms with van der Waals surface area (Å²) >= 11 is 0. The number of carbonyl (C=O) groups is 1. The van der Waals surface area contributed by atoms with Gasteiger partial charge in [0.15, 0.2) is 12.4 Å². The Hall–Kier alpha value is -4.63. The smallest absolute Gasteiger partial charge is 0.343 e. The van der Waals surface area contributed by atoms with E-state index in [0.29, 0.717) is 22.8 Å². The molecule has 4 aromatic rings. The third-order valence-electron chi connectivity index (χ3n) is 4.81. The first-order chi connectivity index (χ1) is 16.2. The van der Waals surface area contributed by atoms with Crippen molar-refractivity contribution in [3.05, 3.63) is 96.4 Å². The summed E-state index contributed by atoms with van der Waals surface area (Å²) in [5, 5.41) is 9.85. The quantitative estimate of drug-likeness (QED) is 0.276. The fourth-order valence-electron chi connectivity index (χ4n) is 3.22. The summed E-state index contributed by atoms with van der Waals surface area (Å²) in [6.07, 6.45) is 1.67. The van der Waals surface area contributed by atoms with Crippen LogP contribution in [0, 0.1) is 11.3 Å². The van der Waals surface area contributed by atoms with Crippen molar-refractivity contribution in [2.45, 2.75) is 0 Å². The zero-order valence-electron chi connectivity index (χ0n) is 17.9. The van der Waals surface area contributed by atoms with E-state index in [-0.39, 0.29) is 18.1 Å². The van der Waals surface area contributed by atoms with Gasteiger partial charge in [-0.2, -0.15) is 5.26 Å². The van der Waals surface area contributed by atoms with Gasteiger partial charge in [-0.05, 0) is 23.8 Å². The van der Waals surface area contributed by atoms with Crippen LogP contribution in [0.25, 0.3) is 34.2 Å². The van der Waals surface area contributed by atoms with Crippen LogP contribution >= 0.6 is 0 Å². The molecular weight excluding hydrogens is 416 g/mol. The van der Waals surface area contributed by atoms with Gasteiger partial charge in [-0.25, -0.2) is 9.78 Å². The van der Waals surface area contributed by atoms with Gasteiger partial charge in [0.25, 0.3) is 0 Å². The Balaban J connectivity index is 1.72. The molecule has 0 aliphatic rings. The van der Waals surface area contributed by atoms with Crippen molar-refractivity contribution in [1.29, 1.82) is 5.26 Å². The molecule has 0 unspecified atom stereocenters. The molecule has 6 heteroatoms. The minimum atomic E-state index is -0.477. The molecule has 0 saturated heterocycles. The number of hydrogen-bond acceptors (Lipinski definition) is 6. The van der Waals surface area contributed by atoms with Gasteiger partial charge in [-0.3, -0.25) is 0 Å². The second kappa shape index (κ2) is 10.1. The zero-order valence-corrected chi connectivity index (χ0v) is 17.9. The molecule has 1 aromatic heterocycles. The number of hydrogen-bond donors (Lipinski definition) is 0.